The van der Waals surface area contributed by atoms with Crippen molar-refractivity contribution < 1.29 is 14.7 Å². The summed E-state index contributed by atoms with van der Waals surface area (Å²) < 4.78 is 5.56. The molecule has 2 rings (SSSR count). The lowest BCUT2D eigenvalue weighted by atomic mass is 9.80. The number of halogens is 2. The molecule has 0 amide bonds. The van der Waals surface area contributed by atoms with E-state index in [1.807, 2.05) is 27.7 Å². The summed E-state index contributed by atoms with van der Waals surface area (Å²) in [5.41, 5.74) is -0.702. The monoisotopic (exact) mass is 313 g/mol. The average molecular weight is 314 g/mol. The van der Waals surface area contributed by atoms with Gasteiger partial charge in [-0.3, -0.25) is 4.79 Å². The summed E-state index contributed by atoms with van der Waals surface area (Å²) in [6, 6.07) is 0. The molecule has 1 aliphatic heterocycles. The molecule has 1 N–H and O–H groups in total. The van der Waals surface area contributed by atoms with E-state index in [2.05, 4.69) is 0 Å². The smallest absolute Gasteiger partial charge is 0.309 e. The third-order valence-electron chi connectivity index (χ3n) is 3.79. The van der Waals surface area contributed by atoms with Crippen LogP contribution in [0.15, 0.2) is 0 Å². The van der Waals surface area contributed by atoms with Crippen molar-refractivity contribution in [1.82, 2.24) is 5.06 Å². The van der Waals surface area contributed by atoms with Gasteiger partial charge in [0.05, 0.1) is 5.92 Å². The second-order valence-electron chi connectivity index (χ2n) is 6.68. The number of esters is 1. The van der Waals surface area contributed by atoms with E-state index < -0.39 is 0 Å². The fourth-order valence-electron chi connectivity index (χ4n) is 2.84. The minimum absolute atomic E-state index is 0. The second-order valence-corrected chi connectivity index (χ2v) is 6.68. The van der Waals surface area contributed by atoms with Gasteiger partial charge in [-0.25, -0.2) is 0 Å². The number of carbonyl (C=O) groups is 1. The van der Waals surface area contributed by atoms with E-state index in [0.717, 1.165) is 12.8 Å². The van der Waals surface area contributed by atoms with Gasteiger partial charge in [0, 0.05) is 23.9 Å². The normalized spacial score (nSPS) is 25.9. The quantitative estimate of drug-likeness (QED) is 0.795. The van der Waals surface area contributed by atoms with Gasteiger partial charge >= 0.3 is 5.97 Å². The number of carbonyl (C=O) groups excluding carboxylic acids is 1. The lowest BCUT2D eigenvalue weighted by molar-refractivity contribution is -0.259. The van der Waals surface area contributed by atoms with E-state index in [9.17, 15) is 10.0 Å². The Balaban J connectivity index is 0.00000162. The van der Waals surface area contributed by atoms with E-state index in [1.165, 1.54) is 5.06 Å². The van der Waals surface area contributed by atoms with Crippen molar-refractivity contribution in [3.05, 3.63) is 0 Å². The van der Waals surface area contributed by atoms with Gasteiger partial charge in [-0.1, -0.05) is 0 Å². The van der Waals surface area contributed by atoms with Crippen LogP contribution in [0.1, 0.15) is 53.4 Å². The van der Waals surface area contributed by atoms with Crippen molar-refractivity contribution in [2.24, 2.45) is 5.92 Å². The molecular formula is C13H25Cl2NO3. The first-order valence-corrected chi connectivity index (χ1v) is 6.42. The van der Waals surface area contributed by atoms with Gasteiger partial charge in [0.2, 0.25) is 0 Å². The van der Waals surface area contributed by atoms with Gasteiger partial charge in [0.15, 0.2) is 0 Å². The van der Waals surface area contributed by atoms with Crippen LogP contribution in [0.5, 0.6) is 0 Å². The third kappa shape index (κ3) is 4.22. The highest BCUT2D eigenvalue weighted by Crippen LogP contribution is 2.39. The van der Waals surface area contributed by atoms with E-state index >= 15 is 0 Å². The van der Waals surface area contributed by atoms with E-state index in [1.54, 1.807) is 0 Å². The predicted octanol–water partition coefficient (Wildman–Crippen LogP) is 3.19. The van der Waals surface area contributed by atoms with Crippen LogP contribution < -0.4 is 0 Å². The molecule has 0 aromatic heterocycles. The maximum Gasteiger partial charge on any atom is 0.309 e. The van der Waals surface area contributed by atoms with Gasteiger partial charge in [0.25, 0.3) is 0 Å². The topological polar surface area (TPSA) is 49.8 Å². The van der Waals surface area contributed by atoms with Crippen LogP contribution in [0.4, 0.5) is 0 Å². The Kier molecular flexibility index (Phi) is 6.16. The molecule has 2 fully saturated rings. The molecule has 0 spiro atoms. The number of hydroxylamine groups is 2. The molecule has 6 heteroatoms. The van der Waals surface area contributed by atoms with Crippen molar-refractivity contribution in [3.8, 4) is 0 Å². The first-order valence-electron chi connectivity index (χ1n) is 6.42. The lowest BCUT2D eigenvalue weighted by Gasteiger charge is -2.50. The van der Waals surface area contributed by atoms with Crippen LogP contribution >= 0.6 is 24.8 Å². The maximum atomic E-state index is 11.7. The minimum atomic E-state index is -0.351. The number of nitrogens with zero attached hydrogens (tertiary/aromatic N) is 1. The summed E-state index contributed by atoms with van der Waals surface area (Å²) >= 11 is 0. The molecule has 0 aromatic carbocycles. The number of piperidine rings is 1. The van der Waals surface area contributed by atoms with Crippen molar-refractivity contribution >= 4 is 30.8 Å². The zero-order valence-corrected chi connectivity index (χ0v) is 13.6. The Morgan fingerprint density at radius 1 is 1.11 bits per heavy atom. The fraction of sp³-hybridized carbons (Fsp3) is 0.923. The van der Waals surface area contributed by atoms with Gasteiger partial charge in [-0.15, -0.1) is 24.8 Å². The highest BCUT2D eigenvalue weighted by atomic mass is 35.5. The zero-order chi connectivity index (χ0) is 12.8. The molecule has 4 nitrogen and oxygen atoms in total. The maximum absolute atomic E-state index is 11.7. The standard InChI is InChI=1S/C13H23NO3.2ClH/c1-12(2)7-10(8-13(3,4)14(12)16)17-11(15)9-5-6-9;;/h9-10,16H,5-8H2,1-4H3;2*1H. The van der Waals surface area contributed by atoms with Gasteiger partial charge in [-0.05, 0) is 40.5 Å². The van der Waals surface area contributed by atoms with Crippen LogP contribution in [-0.4, -0.2) is 33.4 Å². The van der Waals surface area contributed by atoms with Gasteiger partial charge in [-0.2, -0.15) is 5.06 Å². The Labute approximate surface area is 127 Å². The lowest BCUT2D eigenvalue weighted by Crippen LogP contribution is -2.60. The fourth-order valence-corrected chi connectivity index (χ4v) is 2.84. The average Bonchev–Trinajstić information content (AvgIpc) is 2.95. The first kappa shape index (κ1) is 19.0. The molecule has 0 radical (unpaired) electrons. The summed E-state index contributed by atoms with van der Waals surface area (Å²) in [6.45, 7) is 7.91. The van der Waals surface area contributed by atoms with Crippen molar-refractivity contribution in [3.63, 3.8) is 0 Å². The Morgan fingerprint density at radius 3 is 1.89 bits per heavy atom. The van der Waals surface area contributed by atoms with Gasteiger partial charge in [0.1, 0.15) is 6.10 Å². The van der Waals surface area contributed by atoms with Crippen molar-refractivity contribution in [2.75, 3.05) is 0 Å². The molecule has 0 aromatic rings. The number of rotatable bonds is 2. The van der Waals surface area contributed by atoms with Crippen LogP contribution in [-0.2, 0) is 9.53 Å². The van der Waals surface area contributed by atoms with Crippen molar-refractivity contribution in [1.29, 1.82) is 0 Å². The summed E-state index contributed by atoms with van der Waals surface area (Å²) in [7, 11) is 0. The Morgan fingerprint density at radius 2 is 1.53 bits per heavy atom. The van der Waals surface area contributed by atoms with Crippen LogP contribution in [0.3, 0.4) is 0 Å². The molecule has 19 heavy (non-hydrogen) atoms. The third-order valence-corrected chi connectivity index (χ3v) is 3.79. The SMILES string of the molecule is CC1(C)CC(OC(=O)C2CC2)CC(C)(C)N1O.Cl.Cl. The van der Waals surface area contributed by atoms with Crippen LogP contribution in [0.2, 0.25) is 0 Å². The minimum Gasteiger partial charge on any atom is -0.462 e. The second kappa shape index (κ2) is 6.17. The van der Waals surface area contributed by atoms with E-state index in [4.69, 9.17) is 4.74 Å². The summed E-state index contributed by atoms with van der Waals surface area (Å²) in [6.07, 6.45) is 3.25. The Hall–Kier alpha value is -0.0300. The molecule has 1 aliphatic carbocycles. The summed E-state index contributed by atoms with van der Waals surface area (Å²) in [5.74, 6) is 0.0985. The largest absolute Gasteiger partial charge is 0.462 e. The molecule has 1 saturated carbocycles. The van der Waals surface area contributed by atoms with Crippen LogP contribution in [0, 0.1) is 5.92 Å². The van der Waals surface area contributed by atoms with Crippen molar-refractivity contribution in [2.45, 2.75) is 70.6 Å². The molecular weight excluding hydrogens is 289 g/mol. The highest BCUT2D eigenvalue weighted by molar-refractivity contribution is 5.85. The molecule has 0 unspecified atom stereocenters. The zero-order valence-electron chi connectivity index (χ0n) is 12.0. The van der Waals surface area contributed by atoms with E-state index in [0.29, 0.717) is 12.8 Å². The summed E-state index contributed by atoms with van der Waals surface area (Å²) in [5, 5.41) is 11.5. The molecule has 1 heterocycles. The number of hydrogen-bond acceptors (Lipinski definition) is 4. The highest BCUT2D eigenvalue weighted by Gasteiger charge is 2.47. The van der Waals surface area contributed by atoms with Crippen LogP contribution in [0.25, 0.3) is 0 Å². The van der Waals surface area contributed by atoms with E-state index in [-0.39, 0.29) is 53.9 Å². The predicted molar refractivity (Wildman–Crippen MR) is 78.1 cm³/mol. The molecule has 2 aliphatic rings. The van der Waals surface area contributed by atoms with Gasteiger partial charge < -0.3 is 9.94 Å². The number of hydrogen-bond donors (Lipinski definition) is 1. The molecule has 1 saturated heterocycles. The molecule has 0 atom stereocenters. The summed E-state index contributed by atoms with van der Waals surface area (Å²) in [4.78, 5) is 11.7. The Bertz CT molecular complexity index is 312. The first-order chi connectivity index (χ1) is 7.72. The molecule has 114 valence electrons. The molecule has 0 bridgehead atoms. The number of ether oxygens (including phenoxy) is 1.